The molecule has 2 unspecified atom stereocenters. The number of ether oxygens (including phenoxy) is 3. The monoisotopic (exact) mass is 384 g/mol. The van der Waals surface area contributed by atoms with Crippen molar-refractivity contribution in [2.75, 3.05) is 34.4 Å². The van der Waals surface area contributed by atoms with E-state index in [0.29, 0.717) is 42.2 Å². The van der Waals surface area contributed by atoms with E-state index in [1.807, 2.05) is 12.1 Å². The lowest BCUT2D eigenvalue weighted by atomic mass is 10.1. The van der Waals surface area contributed by atoms with Crippen molar-refractivity contribution < 1.29 is 19.0 Å². The lowest BCUT2D eigenvalue weighted by molar-refractivity contribution is -0.133. The summed E-state index contributed by atoms with van der Waals surface area (Å²) in [6.07, 6.45) is 4.42. The topological polar surface area (TPSA) is 60.0 Å². The molecule has 3 rings (SSSR count). The van der Waals surface area contributed by atoms with E-state index in [1.165, 1.54) is 0 Å². The number of rotatable bonds is 6. The van der Waals surface area contributed by atoms with E-state index in [0.717, 1.165) is 37.9 Å². The van der Waals surface area contributed by atoms with Crippen molar-refractivity contribution in [3.63, 3.8) is 0 Å². The van der Waals surface area contributed by atoms with E-state index in [1.54, 1.807) is 21.3 Å². The van der Waals surface area contributed by atoms with Gasteiger partial charge in [-0.05, 0) is 43.9 Å². The Morgan fingerprint density at radius 3 is 2.50 bits per heavy atom. The maximum absolute atomic E-state index is 12.9. The fourth-order valence-corrected chi connectivity index (χ4v) is 4.12. The van der Waals surface area contributed by atoms with Crippen LogP contribution in [-0.2, 0) is 11.2 Å². The second kappa shape index (κ2) is 9.33. The maximum Gasteiger partial charge on any atom is 0.223 e. The molecule has 6 nitrogen and oxygen atoms in total. The zero-order valence-electron chi connectivity index (χ0n) is 15.7. The molecule has 0 spiro atoms. The first-order chi connectivity index (χ1) is 12.2. The van der Waals surface area contributed by atoms with Crippen molar-refractivity contribution in [1.82, 2.24) is 10.2 Å². The maximum atomic E-state index is 12.9. The minimum atomic E-state index is 0. The molecule has 1 aromatic rings. The first-order valence-corrected chi connectivity index (χ1v) is 8.99. The number of fused-ring (bicyclic) bond motifs is 2. The average Bonchev–Trinajstić information content (AvgIpc) is 2.91. The van der Waals surface area contributed by atoms with Crippen LogP contribution < -0.4 is 19.5 Å². The van der Waals surface area contributed by atoms with Crippen LogP contribution in [0.25, 0.3) is 0 Å². The van der Waals surface area contributed by atoms with Gasteiger partial charge >= 0.3 is 0 Å². The Hall–Kier alpha value is -1.66. The number of carbonyl (C=O) groups is 1. The van der Waals surface area contributed by atoms with E-state index in [-0.39, 0.29) is 18.3 Å². The molecule has 2 saturated heterocycles. The van der Waals surface area contributed by atoms with Gasteiger partial charge in [0.05, 0.1) is 21.3 Å². The van der Waals surface area contributed by atoms with E-state index in [2.05, 4.69) is 10.2 Å². The predicted octanol–water partition coefficient (Wildman–Crippen LogP) is 2.42. The summed E-state index contributed by atoms with van der Waals surface area (Å²) in [6, 6.07) is 4.57. The van der Waals surface area contributed by atoms with Gasteiger partial charge < -0.3 is 24.4 Å². The van der Waals surface area contributed by atoms with Crippen LogP contribution in [0.15, 0.2) is 12.1 Å². The number of hydrogen-bond donors (Lipinski definition) is 1. The van der Waals surface area contributed by atoms with E-state index < -0.39 is 0 Å². The zero-order valence-corrected chi connectivity index (χ0v) is 16.6. The number of halogens is 1. The molecule has 7 heteroatoms. The SMILES string of the molecule is COc1ccc(CCC(=O)N2C3CCNCC2CC3)c(OC)c1OC.Cl. The molecule has 1 N–H and O–H groups in total. The van der Waals surface area contributed by atoms with Crippen LogP contribution in [0, 0.1) is 0 Å². The van der Waals surface area contributed by atoms with Gasteiger partial charge in [0.1, 0.15) is 0 Å². The van der Waals surface area contributed by atoms with Crippen molar-refractivity contribution in [3.8, 4) is 17.2 Å². The molecule has 2 heterocycles. The number of amides is 1. The number of benzene rings is 1. The van der Waals surface area contributed by atoms with Crippen LogP contribution in [0.1, 0.15) is 31.2 Å². The molecule has 2 atom stereocenters. The molecule has 0 radical (unpaired) electrons. The first kappa shape index (κ1) is 20.6. The third-order valence-corrected chi connectivity index (χ3v) is 5.34. The molecular weight excluding hydrogens is 356 g/mol. The Morgan fingerprint density at radius 2 is 1.81 bits per heavy atom. The van der Waals surface area contributed by atoms with Crippen molar-refractivity contribution >= 4 is 18.3 Å². The van der Waals surface area contributed by atoms with Crippen molar-refractivity contribution in [3.05, 3.63) is 17.7 Å². The third kappa shape index (κ3) is 4.01. The number of hydrogen-bond acceptors (Lipinski definition) is 5. The lowest BCUT2D eigenvalue weighted by Gasteiger charge is -2.28. The van der Waals surface area contributed by atoms with Gasteiger partial charge in [0, 0.05) is 25.0 Å². The second-order valence-corrected chi connectivity index (χ2v) is 6.67. The minimum Gasteiger partial charge on any atom is -0.493 e. The van der Waals surface area contributed by atoms with Crippen LogP contribution >= 0.6 is 12.4 Å². The van der Waals surface area contributed by atoms with E-state index >= 15 is 0 Å². The lowest BCUT2D eigenvalue weighted by Crippen LogP contribution is -2.42. The molecule has 0 saturated carbocycles. The van der Waals surface area contributed by atoms with Crippen molar-refractivity contribution in [1.29, 1.82) is 0 Å². The molecule has 0 aromatic heterocycles. The molecule has 2 aliphatic heterocycles. The normalized spacial score (nSPS) is 21.6. The largest absolute Gasteiger partial charge is 0.493 e. The van der Waals surface area contributed by atoms with Gasteiger partial charge in [-0.25, -0.2) is 0 Å². The highest BCUT2D eigenvalue weighted by Gasteiger charge is 2.37. The molecule has 1 aromatic carbocycles. The highest BCUT2D eigenvalue weighted by atomic mass is 35.5. The summed E-state index contributed by atoms with van der Waals surface area (Å²) in [5, 5.41) is 3.44. The van der Waals surface area contributed by atoms with Gasteiger partial charge in [0.15, 0.2) is 11.5 Å². The number of nitrogens with one attached hydrogen (secondary N) is 1. The van der Waals surface area contributed by atoms with Crippen LogP contribution in [0.5, 0.6) is 17.2 Å². The van der Waals surface area contributed by atoms with Gasteiger partial charge in [-0.3, -0.25) is 4.79 Å². The molecule has 2 bridgehead atoms. The molecule has 0 aliphatic carbocycles. The predicted molar refractivity (Wildman–Crippen MR) is 103 cm³/mol. The van der Waals surface area contributed by atoms with Gasteiger partial charge in [-0.2, -0.15) is 0 Å². The highest BCUT2D eigenvalue weighted by Crippen LogP contribution is 2.40. The van der Waals surface area contributed by atoms with Crippen LogP contribution in [0.2, 0.25) is 0 Å². The van der Waals surface area contributed by atoms with Crippen LogP contribution in [0.4, 0.5) is 0 Å². The minimum absolute atomic E-state index is 0. The molecule has 2 aliphatic rings. The molecule has 26 heavy (non-hydrogen) atoms. The summed E-state index contributed by atoms with van der Waals surface area (Å²) < 4.78 is 16.3. The summed E-state index contributed by atoms with van der Waals surface area (Å²) in [5.41, 5.74) is 0.966. The van der Waals surface area contributed by atoms with Crippen LogP contribution in [0.3, 0.4) is 0 Å². The number of nitrogens with zero attached hydrogens (tertiary/aromatic N) is 1. The first-order valence-electron chi connectivity index (χ1n) is 8.99. The van der Waals surface area contributed by atoms with Crippen LogP contribution in [-0.4, -0.2) is 57.3 Å². The number of methoxy groups -OCH3 is 3. The smallest absolute Gasteiger partial charge is 0.223 e. The summed E-state index contributed by atoms with van der Waals surface area (Å²) in [5.74, 6) is 2.10. The third-order valence-electron chi connectivity index (χ3n) is 5.34. The highest BCUT2D eigenvalue weighted by molar-refractivity contribution is 5.85. The quantitative estimate of drug-likeness (QED) is 0.816. The van der Waals surface area contributed by atoms with Gasteiger partial charge in [-0.1, -0.05) is 6.07 Å². The van der Waals surface area contributed by atoms with Gasteiger partial charge in [0.25, 0.3) is 0 Å². The van der Waals surface area contributed by atoms with Gasteiger partial charge in [0.2, 0.25) is 11.7 Å². The molecule has 2 fully saturated rings. The fraction of sp³-hybridized carbons (Fsp3) is 0.632. The summed E-state index contributed by atoms with van der Waals surface area (Å²) in [6.45, 7) is 1.93. The van der Waals surface area contributed by atoms with Crippen molar-refractivity contribution in [2.45, 2.75) is 44.2 Å². The van der Waals surface area contributed by atoms with E-state index in [9.17, 15) is 4.79 Å². The Kier molecular flexibility index (Phi) is 7.41. The standard InChI is InChI=1S/C19H28N2O4.ClH/c1-23-16-8-4-13(18(24-2)19(16)25-3)5-9-17(22)21-14-6-7-15(21)12-20-11-10-14;/h4,8,14-15,20H,5-7,9-12H2,1-3H3;1H. The molecule has 146 valence electrons. The molecule has 1 amide bonds. The van der Waals surface area contributed by atoms with E-state index in [4.69, 9.17) is 14.2 Å². The second-order valence-electron chi connectivity index (χ2n) is 6.67. The Morgan fingerprint density at radius 1 is 1.08 bits per heavy atom. The number of carbonyl (C=O) groups excluding carboxylic acids is 1. The van der Waals surface area contributed by atoms with Gasteiger partial charge in [-0.15, -0.1) is 12.4 Å². The Labute approximate surface area is 161 Å². The summed E-state index contributed by atoms with van der Waals surface area (Å²) in [4.78, 5) is 15.0. The molecular formula is C19H29ClN2O4. The number of aryl methyl sites for hydroxylation is 1. The average molecular weight is 385 g/mol. The zero-order chi connectivity index (χ0) is 17.8. The Balaban J connectivity index is 0.00000243. The Bertz CT molecular complexity index is 612. The summed E-state index contributed by atoms with van der Waals surface area (Å²) in [7, 11) is 4.81. The van der Waals surface area contributed by atoms with Crippen molar-refractivity contribution in [2.24, 2.45) is 0 Å². The summed E-state index contributed by atoms with van der Waals surface area (Å²) >= 11 is 0. The fourth-order valence-electron chi connectivity index (χ4n) is 4.12.